The van der Waals surface area contributed by atoms with Crippen LogP contribution in [0.4, 0.5) is 26.3 Å². The highest BCUT2D eigenvalue weighted by atomic mass is 19.4. The summed E-state index contributed by atoms with van der Waals surface area (Å²) in [6.45, 7) is -0.446. The number of hydrogen-bond donors (Lipinski definition) is 2. The molecule has 1 aromatic carbocycles. The second-order valence-electron chi connectivity index (χ2n) is 8.93. The number of carbonyl (C=O) groups excluding carboxylic acids is 1. The summed E-state index contributed by atoms with van der Waals surface area (Å²) >= 11 is 0. The van der Waals surface area contributed by atoms with E-state index >= 15 is 0 Å². The Balaban J connectivity index is 1.59. The maximum absolute atomic E-state index is 14.0. The summed E-state index contributed by atoms with van der Waals surface area (Å²) in [6, 6.07) is -0.921. The Morgan fingerprint density at radius 2 is 1.77 bits per heavy atom. The zero-order chi connectivity index (χ0) is 25.7. The molecule has 0 spiro atoms. The molecule has 1 aliphatic carbocycles. The lowest BCUT2D eigenvalue weighted by atomic mass is 9.98. The van der Waals surface area contributed by atoms with Crippen LogP contribution in [0.1, 0.15) is 59.3 Å². The molecule has 2 heterocycles. The number of carboxylic acids is 1. The Bertz CT molecular complexity index is 1160. The Kier molecular flexibility index (Phi) is 6.56. The molecule has 3 N–H and O–H groups in total. The number of carbonyl (C=O) groups is 2. The molecule has 0 radical (unpaired) electrons. The van der Waals surface area contributed by atoms with Gasteiger partial charge in [0.25, 0.3) is 0 Å². The topological polar surface area (TPSA) is 101 Å². The molecule has 0 saturated heterocycles. The largest absolute Gasteiger partial charge is 0.476 e. The van der Waals surface area contributed by atoms with E-state index in [-0.39, 0.29) is 49.5 Å². The number of fused-ring (bicyclic) bond motifs is 1. The molecule has 1 aliphatic heterocycles. The van der Waals surface area contributed by atoms with Crippen LogP contribution < -0.4 is 5.73 Å². The van der Waals surface area contributed by atoms with Gasteiger partial charge in [-0.3, -0.25) is 4.79 Å². The van der Waals surface area contributed by atoms with Gasteiger partial charge in [0.2, 0.25) is 11.7 Å². The number of rotatable bonds is 7. The lowest BCUT2D eigenvalue weighted by molar-refractivity contribution is -0.148. The van der Waals surface area contributed by atoms with Crippen LogP contribution in [0.3, 0.4) is 0 Å². The van der Waals surface area contributed by atoms with Gasteiger partial charge in [-0.2, -0.15) is 13.2 Å². The molecule has 1 fully saturated rings. The van der Waals surface area contributed by atoms with E-state index in [1.165, 1.54) is 4.90 Å². The van der Waals surface area contributed by atoms with Crippen molar-refractivity contribution < 1.29 is 41.0 Å². The van der Waals surface area contributed by atoms with Gasteiger partial charge in [0, 0.05) is 31.6 Å². The molecule has 0 bridgehead atoms. The normalized spacial score (nSPS) is 18.9. The molecule has 2 aliphatic rings. The van der Waals surface area contributed by atoms with E-state index in [1.54, 1.807) is 0 Å². The van der Waals surface area contributed by atoms with E-state index in [2.05, 4.69) is 4.98 Å². The van der Waals surface area contributed by atoms with Crippen LogP contribution in [0.2, 0.25) is 0 Å². The van der Waals surface area contributed by atoms with Gasteiger partial charge in [-0.05, 0) is 30.4 Å². The number of alkyl halides is 3. The van der Waals surface area contributed by atoms with Crippen molar-refractivity contribution >= 4 is 11.9 Å². The molecular formula is C22H22F6N4O3. The fraction of sp³-hybridized carbons (Fsp3) is 0.500. The summed E-state index contributed by atoms with van der Waals surface area (Å²) in [5, 5.41) is 9.53. The minimum atomic E-state index is -4.88. The Labute approximate surface area is 195 Å². The van der Waals surface area contributed by atoms with Crippen molar-refractivity contribution in [1.82, 2.24) is 14.5 Å². The van der Waals surface area contributed by atoms with Crippen LogP contribution in [-0.2, 0) is 23.9 Å². The molecule has 4 rings (SSSR count). The van der Waals surface area contributed by atoms with Gasteiger partial charge in [0.05, 0.1) is 11.7 Å². The van der Waals surface area contributed by atoms with Crippen molar-refractivity contribution in [2.45, 2.75) is 56.9 Å². The molecule has 190 valence electrons. The average molecular weight is 504 g/mol. The molecule has 1 unspecified atom stereocenters. The van der Waals surface area contributed by atoms with Gasteiger partial charge >= 0.3 is 12.1 Å². The highest BCUT2D eigenvalue weighted by Crippen LogP contribution is 2.44. The van der Waals surface area contributed by atoms with Crippen LogP contribution in [0.15, 0.2) is 12.1 Å². The number of hydrogen-bond acceptors (Lipinski definition) is 4. The molecule has 1 amide bonds. The quantitative estimate of drug-likeness (QED) is 0.443. The van der Waals surface area contributed by atoms with Gasteiger partial charge < -0.3 is 20.3 Å². The zero-order valence-electron chi connectivity index (χ0n) is 18.3. The highest BCUT2D eigenvalue weighted by molar-refractivity contribution is 5.87. The monoisotopic (exact) mass is 504 g/mol. The first-order chi connectivity index (χ1) is 16.4. The number of nitrogens with zero attached hydrogens (tertiary/aromatic N) is 3. The van der Waals surface area contributed by atoms with E-state index in [0.29, 0.717) is 12.1 Å². The highest BCUT2D eigenvalue weighted by Gasteiger charge is 2.46. The second-order valence-corrected chi connectivity index (χ2v) is 8.93. The maximum atomic E-state index is 14.0. The van der Waals surface area contributed by atoms with E-state index in [4.69, 9.17) is 5.73 Å². The maximum Gasteiger partial charge on any atom is 0.449 e. The van der Waals surface area contributed by atoms with Gasteiger partial charge in [-0.15, -0.1) is 0 Å². The summed E-state index contributed by atoms with van der Waals surface area (Å²) in [6.07, 6.45) is -3.65. The third-order valence-corrected chi connectivity index (χ3v) is 6.30. The first kappa shape index (κ1) is 25.0. The van der Waals surface area contributed by atoms with Crippen molar-refractivity contribution in [2.75, 3.05) is 6.54 Å². The lowest BCUT2D eigenvalue weighted by Crippen LogP contribution is -2.45. The van der Waals surface area contributed by atoms with Gasteiger partial charge in [0.1, 0.15) is 5.82 Å². The first-order valence-corrected chi connectivity index (χ1v) is 11.0. The molecule has 13 heteroatoms. The second kappa shape index (κ2) is 9.17. The predicted molar refractivity (Wildman–Crippen MR) is 109 cm³/mol. The van der Waals surface area contributed by atoms with E-state index in [1.807, 2.05) is 0 Å². The molecule has 2 atom stereocenters. The summed E-state index contributed by atoms with van der Waals surface area (Å²) in [7, 11) is 0. The van der Waals surface area contributed by atoms with Crippen molar-refractivity contribution in [2.24, 2.45) is 11.7 Å². The molecule has 7 nitrogen and oxygen atoms in total. The number of imidazole rings is 1. The van der Waals surface area contributed by atoms with Crippen molar-refractivity contribution in [1.29, 1.82) is 0 Å². The Hall–Kier alpha value is -3.09. The average Bonchev–Trinajstić information content (AvgIpc) is 3.46. The van der Waals surface area contributed by atoms with Gasteiger partial charge in [-0.1, -0.05) is 12.8 Å². The van der Waals surface area contributed by atoms with Crippen LogP contribution in [0.5, 0.6) is 0 Å². The minimum Gasteiger partial charge on any atom is -0.476 e. The number of aromatic nitrogens is 2. The zero-order valence-corrected chi connectivity index (χ0v) is 18.3. The van der Waals surface area contributed by atoms with Crippen LogP contribution in [0.25, 0.3) is 0 Å². The summed E-state index contributed by atoms with van der Waals surface area (Å²) < 4.78 is 82.0. The minimum absolute atomic E-state index is 0.123. The summed E-state index contributed by atoms with van der Waals surface area (Å²) in [5.74, 6) is -7.06. The van der Waals surface area contributed by atoms with E-state index in [9.17, 15) is 41.0 Å². The fourth-order valence-electron chi connectivity index (χ4n) is 4.54. The Morgan fingerprint density at radius 1 is 1.11 bits per heavy atom. The Morgan fingerprint density at radius 3 is 2.37 bits per heavy atom. The van der Waals surface area contributed by atoms with Crippen LogP contribution >= 0.6 is 0 Å². The molecule has 35 heavy (non-hydrogen) atoms. The van der Waals surface area contributed by atoms with Crippen molar-refractivity contribution in [3.8, 4) is 0 Å². The van der Waals surface area contributed by atoms with Gasteiger partial charge in [0.15, 0.2) is 17.3 Å². The number of benzene rings is 1. The number of carboxylic acid groups (broad SMARTS) is 1. The standard InChI is InChI=1S/C22H22F6N4O3/c23-13-9-15(25)14(24)7-11(13)6-12(29)8-17(33)31-3-4-32-19(16(31)5-10-1-2-10)18(20(34)35)30-21(32)22(26,27)28/h7,9-10,12,16H,1-6,8,29H2,(H,34,35)/t12-,16?/m1/s1. The van der Waals surface area contributed by atoms with Crippen LogP contribution in [-0.4, -0.2) is 44.0 Å². The smallest absolute Gasteiger partial charge is 0.449 e. The number of nitrogens with two attached hydrogens (primary N) is 1. The van der Waals surface area contributed by atoms with E-state index < -0.39 is 59.1 Å². The predicted octanol–water partition coefficient (Wildman–Crippen LogP) is 3.66. The summed E-state index contributed by atoms with van der Waals surface area (Å²) in [4.78, 5) is 29.5. The van der Waals surface area contributed by atoms with Crippen LogP contribution in [0, 0.1) is 23.4 Å². The molecule has 1 aromatic heterocycles. The third-order valence-electron chi connectivity index (χ3n) is 6.30. The SMILES string of the molecule is N[C@@H](CC(=O)N1CCn2c(C(F)(F)F)nc(C(=O)O)c2C1CC1CC1)Cc1cc(F)c(F)cc1F. The number of amides is 1. The van der Waals surface area contributed by atoms with Crippen molar-refractivity contribution in [3.63, 3.8) is 0 Å². The summed E-state index contributed by atoms with van der Waals surface area (Å²) in [5.41, 5.74) is 4.81. The number of halogens is 6. The molecular weight excluding hydrogens is 482 g/mol. The molecule has 2 aromatic rings. The first-order valence-electron chi connectivity index (χ1n) is 11.0. The van der Waals surface area contributed by atoms with Crippen molar-refractivity contribution in [3.05, 3.63) is 52.4 Å². The third kappa shape index (κ3) is 5.14. The molecule has 1 saturated carbocycles. The number of aromatic carboxylic acids is 1. The van der Waals surface area contributed by atoms with E-state index in [0.717, 1.165) is 17.4 Å². The fourth-order valence-corrected chi connectivity index (χ4v) is 4.54. The lowest BCUT2D eigenvalue weighted by Gasteiger charge is -2.38. The van der Waals surface area contributed by atoms with Gasteiger partial charge in [-0.25, -0.2) is 22.9 Å².